The molecule has 0 atom stereocenters. The van der Waals surface area contributed by atoms with E-state index in [0.717, 1.165) is 5.69 Å². The molecule has 8 nitrogen and oxygen atoms in total. The van der Waals surface area contributed by atoms with Crippen molar-refractivity contribution in [3.05, 3.63) is 48.3 Å². The third-order valence-corrected chi connectivity index (χ3v) is 4.63. The maximum absolute atomic E-state index is 12.9. The summed E-state index contributed by atoms with van der Waals surface area (Å²) in [5.74, 6) is -0.263. The van der Waals surface area contributed by atoms with Gasteiger partial charge in [0, 0.05) is 31.9 Å². The fourth-order valence-corrected chi connectivity index (χ4v) is 3.37. The first-order valence-corrected chi connectivity index (χ1v) is 9.98. The number of rotatable bonds is 7. The zero-order valence-corrected chi connectivity index (χ0v) is 17.5. The number of anilines is 3. The average molecular weight is 409 g/mol. The SMILES string of the molecule is CC(=O)Nc1ccc2c(c1)N(C(=O)CNCc1ccccn1)CC(=O)N2CC(C)C. The molecule has 1 aromatic carbocycles. The number of carbonyl (C=O) groups is 3. The van der Waals surface area contributed by atoms with E-state index in [1.165, 1.54) is 11.8 Å². The highest BCUT2D eigenvalue weighted by Crippen LogP contribution is 2.36. The maximum Gasteiger partial charge on any atom is 0.247 e. The van der Waals surface area contributed by atoms with Gasteiger partial charge in [0.2, 0.25) is 17.7 Å². The van der Waals surface area contributed by atoms with E-state index in [1.54, 1.807) is 29.3 Å². The van der Waals surface area contributed by atoms with Crippen LogP contribution in [0.25, 0.3) is 0 Å². The Morgan fingerprint density at radius 1 is 1.17 bits per heavy atom. The number of nitrogens with zero attached hydrogens (tertiary/aromatic N) is 3. The summed E-state index contributed by atoms with van der Waals surface area (Å²) in [7, 11) is 0. The number of carbonyl (C=O) groups excluding carboxylic acids is 3. The van der Waals surface area contributed by atoms with Crippen molar-refractivity contribution >= 4 is 34.8 Å². The molecule has 30 heavy (non-hydrogen) atoms. The normalized spacial score (nSPS) is 13.4. The first-order valence-electron chi connectivity index (χ1n) is 9.98. The lowest BCUT2D eigenvalue weighted by Crippen LogP contribution is -2.51. The molecule has 0 saturated heterocycles. The van der Waals surface area contributed by atoms with Crippen molar-refractivity contribution in [3.63, 3.8) is 0 Å². The van der Waals surface area contributed by atoms with E-state index in [2.05, 4.69) is 15.6 Å². The largest absolute Gasteiger partial charge is 0.326 e. The minimum Gasteiger partial charge on any atom is -0.326 e. The highest BCUT2D eigenvalue weighted by Gasteiger charge is 2.32. The van der Waals surface area contributed by atoms with Crippen molar-refractivity contribution in [3.8, 4) is 0 Å². The molecule has 1 aliphatic rings. The van der Waals surface area contributed by atoms with Crippen molar-refractivity contribution in [2.45, 2.75) is 27.3 Å². The van der Waals surface area contributed by atoms with Crippen molar-refractivity contribution in [1.82, 2.24) is 10.3 Å². The van der Waals surface area contributed by atoms with Gasteiger partial charge in [0.25, 0.3) is 0 Å². The third-order valence-electron chi connectivity index (χ3n) is 4.63. The highest BCUT2D eigenvalue weighted by molar-refractivity contribution is 6.12. The zero-order valence-electron chi connectivity index (χ0n) is 17.5. The van der Waals surface area contributed by atoms with Gasteiger partial charge < -0.3 is 15.5 Å². The Hall–Kier alpha value is -3.26. The Kier molecular flexibility index (Phi) is 6.79. The summed E-state index contributed by atoms with van der Waals surface area (Å²) in [5.41, 5.74) is 2.70. The standard InChI is InChI=1S/C22H27N5O3/c1-15(2)13-26-19-8-7-17(25-16(3)28)10-20(19)27(14-22(26)30)21(29)12-23-11-18-6-4-5-9-24-18/h4-10,15,23H,11-14H2,1-3H3,(H,25,28). The fraction of sp³-hybridized carbons (Fsp3) is 0.364. The lowest BCUT2D eigenvalue weighted by Gasteiger charge is -2.37. The van der Waals surface area contributed by atoms with Gasteiger partial charge in [-0.2, -0.15) is 0 Å². The van der Waals surface area contributed by atoms with Crippen molar-refractivity contribution < 1.29 is 14.4 Å². The summed E-state index contributed by atoms with van der Waals surface area (Å²) in [6, 6.07) is 10.9. The van der Waals surface area contributed by atoms with Crippen LogP contribution in [0.2, 0.25) is 0 Å². The topological polar surface area (TPSA) is 94.6 Å². The number of aromatic nitrogens is 1. The molecule has 0 unspecified atom stereocenters. The lowest BCUT2D eigenvalue weighted by molar-refractivity contribution is -0.122. The monoisotopic (exact) mass is 409 g/mol. The number of amides is 3. The van der Waals surface area contributed by atoms with Crippen LogP contribution >= 0.6 is 0 Å². The first kappa shape index (κ1) is 21.4. The molecule has 3 rings (SSSR count). The molecule has 1 aromatic heterocycles. The second kappa shape index (κ2) is 9.49. The Balaban J connectivity index is 1.82. The van der Waals surface area contributed by atoms with Gasteiger partial charge in [-0.05, 0) is 36.2 Å². The molecule has 2 aromatic rings. The van der Waals surface area contributed by atoms with Gasteiger partial charge in [0.05, 0.1) is 23.6 Å². The van der Waals surface area contributed by atoms with Crippen LogP contribution in [0.15, 0.2) is 42.6 Å². The van der Waals surface area contributed by atoms with Gasteiger partial charge in [-0.25, -0.2) is 0 Å². The minimum atomic E-state index is -0.218. The summed E-state index contributed by atoms with van der Waals surface area (Å²) in [5, 5.41) is 5.83. The molecule has 0 fully saturated rings. The number of fused-ring (bicyclic) bond motifs is 1. The summed E-state index contributed by atoms with van der Waals surface area (Å²) in [6.45, 7) is 6.55. The smallest absolute Gasteiger partial charge is 0.247 e. The Bertz CT molecular complexity index is 930. The number of nitrogens with one attached hydrogen (secondary N) is 2. The summed E-state index contributed by atoms with van der Waals surface area (Å²) in [4.78, 5) is 44.6. The van der Waals surface area contributed by atoms with Crippen molar-refractivity contribution in [2.75, 3.05) is 34.8 Å². The number of benzene rings is 1. The second-order valence-electron chi connectivity index (χ2n) is 7.69. The average Bonchev–Trinajstić information content (AvgIpc) is 2.70. The summed E-state index contributed by atoms with van der Waals surface area (Å²) in [6.07, 6.45) is 1.70. The third kappa shape index (κ3) is 5.21. The number of pyridine rings is 1. The molecule has 0 radical (unpaired) electrons. The van der Waals surface area contributed by atoms with Gasteiger partial charge >= 0.3 is 0 Å². The van der Waals surface area contributed by atoms with Gasteiger partial charge in [0.15, 0.2) is 0 Å². The van der Waals surface area contributed by atoms with Gasteiger partial charge in [-0.3, -0.25) is 24.3 Å². The minimum absolute atomic E-state index is 0.0344. The van der Waals surface area contributed by atoms with E-state index in [9.17, 15) is 14.4 Å². The van der Waals surface area contributed by atoms with E-state index >= 15 is 0 Å². The molecule has 2 heterocycles. The molecule has 0 saturated carbocycles. The highest BCUT2D eigenvalue weighted by atomic mass is 16.2. The molecule has 2 N–H and O–H groups in total. The van der Waals surface area contributed by atoms with Crippen LogP contribution in [-0.2, 0) is 20.9 Å². The van der Waals surface area contributed by atoms with Crippen LogP contribution in [0.3, 0.4) is 0 Å². The van der Waals surface area contributed by atoms with Crippen LogP contribution in [0.4, 0.5) is 17.1 Å². The van der Waals surface area contributed by atoms with Gasteiger partial charge in [-0.1, -0.05) is 19.9 Å². The number of hydrogen-bond acceptors (Lipinski definition) is 5. The predicted octanol–water partition coefficient (Wildman–Crippen LogP) is 2.17. The molecule has 158 valence electrons. The van der Waals surface area contributed by atoms with E-state index < -0.39 is 0 Å². The first-order chi connectivity index (χ1) is 14.3. The molecular weight excluding hydrogens is 382 g/mol. The summed E-state index contributed by atoms with van der Waals surface area (Å²) >= 11 is 0. The Morgan fingerprint density at radius 2 is 1.97 bits per heavy atom. The fourth-order valence-electron chi connectivity index (χ4n) is 3.37. The molecule has 0 aliphatic carbocycles. The molecule has 1 aliphatic heterocycles. The van der Waals surface area contributed by atoms with Crippen LogP contribution in [-0.4, -0.2) is 42.3 Å². The van der Waals surface area contributed by atoms with Gasteiger partial charge in [0.1, 0.15) is 6.54 Å². The zero-order chi connectivity index (χ0) is 21.7. The molecule has 8 heteroatoms. The molecule has 0 bridgehead atoms. The quantitative estimate of drug-likeness (QED) is 0.731. The van der Waals surface area contributed by atoms with Crippen LogP contribution in [0.5, 0.6) is 0 Å². The van der Waals surface area contributed by atoms with Crippen molar-refractivity contribution in [2.24, 2.45) is 5.92 Å². The van der Waals surface area contributed by atoms with E-state index in [0.29, 0.717) is 30.2 Å². The number of hydrogen-bond donors (Lipinski definition) is 2. The van der Waals surface area contributed by atoms with E-state index in [4.69, 9.17) is 0 Å². The predicted molar refractivity (Wildman–Crippen MR) is 116 cm³/mol. The van der Waals surface area contributed by atoms with Crippen molar-refractivity contribution in [1.29, 1.82) is 0 Å². The second-order valence-corrected chi connectivity index (χ2v) is 7.69. The maximum atomic E-state index is 12.9. The molecular formula is C22H27N5O3. The lowest BCUT2D eigenvalue weighted by atomic mass is 10.1. The molecule has 3 amide bonds. The molecule has 0 spiro atoms. The van der Waals surface area contributed by atoms with Crippen LogP contribution in [0.1, 0.15) is 26.5 Å². The Labute approximate surface area is 176 Å². The van der Waals surface area contributed by atoms with Crippen LogP contribution < -0.4 is 20.4 Å². The van der Waals surface area contributed by atoms with E-state index in [1.807, 2.05) is 32.0 Å². The Morgan fingerprint density at radius 3 is 2.63 bits per heavy atom. The van der Waals surface area contributed by atoms with Crippen LogP contribution in [0, 0.1) is 5.92 Å². The summed E-state index contributed by atoms with van der Waals surface area (Å²) < 4.78 is 0. The van der Waals surface area contributed by atoms with E-state index in [-0.39, 0.29) is 36.7 Å². The van der Waals surface area contributed by atoms with Gasteiger partial charge in [-0.15, -0.1) is 0 Å².